The van der Waals surface area contributed by atoms with Crippen molar-refractivity contribution < 1.29 is 4.79 Å². The summed E-state index contributed by atoms with van der Waals surface area (Å²) in [6, 6.07) is 11.3. The molecule has 2 aromatic rings. The van der Waals surface area contributed by atoms with E-state index in [1.807, 2.05) is 47.8 Å². The number of likely N-dealkylation sites (N-methyl/N-ethyl adjacent to an activating group) is 1. The first-order valence-corrected chi connectivity index (χ1v) is 8.50. The third kappa shape index (κ3) is 4.68. The number of hydrogen-bond acceptors (Lipinski definition) is 4. The number of amides is 1. The average molecular weight is 339 g/mol. The Labute approximate surface area is 149 Å². The van der Waals surface area contributed by atoms with Gasteiger partial charge in [0.05, 0.1) is 29.9 Å². The predicted octanol–water partition coefficient (Wildman–Crippen LogP) is 3.18. The van der Waals surface area contributed by atoms with E-state index in [4.69, 9.17) is 5.26 Å². The van der Waals surface area contributed by atoms with Crippen LogP contribution in [-0.2, 0) is 11.3 Å². The Balaban J connectivity index is 2.02. The standard InChI is InChI=1S/C19H25N5O/c1-5-14(2)24-18(9-10-21-24)22-19(25)15(3)23(4)13-17-8-6-7-16(11-17)12-20/h6-11,14-15H,5,13H2,1-4H3,(H,22,25)/t14-,15-/m1/s1. The van der Waals surface area contributed by atoms with Gasteiger partial charge in [0.25, 0.3) is 0 Å². The van der Waals surface area contributed by atoms with Crippen molar-refractivity contribution >= 4 is 11.7 Å². The van der Waals surface area contributed by atoms with Gasteiger partial charge in [-0.1, -0.05) is 19.1 Å². The maximum Gasteiger partial charge on any atom is 0.242 e. The van der Waals surface area contributed by atoms with Gasteiger partial charge in [0.15, 0.2) is 0 Å². The first kappa shape index (κ1) is 18.7. The molecule has 0 bridgehead atoms. The number of hydrogen-bond donors (Lipinski definition) is 1. The number of carbonyl (C=O) groups is 1. The average Bonchev–Trinajstić information content (AvgIpc) is 3.08. The SMILES string of the molecule is CC[C@@H](C)n1nccc1NC(=O)[C@@H](C)N(C)Cc1cccc(C#N)c1. The van der Waals surface area contributed by atoms with E-state index in [-0.39, 0.29) is 18.0 Å². The number of nitriles is 1. The van der Waals surface area contributed by atoms with Gasteiger partial charge in [-0.25, -0.2) is 4.68 Å². The topological polar surface area (TPSA) is 74.0 Å². The smallest absolute Gasteiger partial charge is 0.242 e. The molecule has 1 amide bonds. The number of benzene rings is 1. The fraction of sp³-hybridized carbons (Fsp3) is 0.421. The minimum Gasteiger partial charge on any atom is -0.310 e. The summed E-state index contributed by atoms with van der Waals surface area (Å²) in [7, 11) is 1.90. The second-order valence-electron chi connectivity index (χ2n) is 6.31. The van der Waals surface area contributed by atoms with E-state index in [0.29, 0.717) is 17.9 Å². The summed E-state index contributed by atoms with van der Waals surface area (Å²) < 4.78 is 1.83. The number of rotatable bonds is 7. The minimum atomic E-state index is -0.314. The lowest BCUT2D eigenvalue weighted by atomic mass is 10.1. The molecule has 0 spiro atoms. The van der Waals surface area contributed by atoms with Crippen LogP contribution in [-0.4, -0.2) is 33.7 Å². The van der Waals surface area contributed by atoms with Crippen LogP contribution in [0.1, 0.15) is 44.4 Å². The number of carbonyl (C=O) groups excluding carboxylic acids is 1. The predicted molar refractivity (Wildman–Crippen MR) is 97.9 cm³/mol. The van der Waals surface area contributed by atoms with Gasteiger partial charge in [-0.2, -0.15) is 10.4 Å². The van der Waals surface area contributed by atoms with Crippen LogP contribution in [0, 0.1) is 11.3 Å². The van der Waals surface area contributed by atoms with Crippen molar-refractivity contribution in [3.8, 4) is 6.07 Å². The molecular formula is C19H25N5O. The van der Waals surface area contributed by atoms with Gasteiger partial charge in [0.2, 0.25) is 5.91 Å². The Morgan fingerprint density at radius 3 is 2.84 bits per heavy atom. The third-order valence-corrected chi connectivity index (χ3v) is 4.46. The van der Waals surface area contributed by atoms with Gasteiger partial charge in [-0.05, 0) is 45.0 Å². The van der Waals surface area contributed by atoms with Crippen LogP contribution in [0.15, 0.2) is 36.5 Å². The molecule has 1 aromatic heterocycles. The maximum absolute atomic E-state index is 12.6. The lowest BCUT2D eigenvalue weighted by Crippen LogP contribution is -2.39. The maximum atomic E-state index is 12.6. The summed E-state index contributed by atoms with van der Waals surface area (Å²) in [5.74, 6) is 0.634. The van der Waals surface area contributed by atoms with E-state index in [1.165, 1.54) is 0 Å². The second-order valence-corrected chi connectivity index (χ2v) is 6.31. The quantitative estimate of drug-likeness (QED) is 0.841. The van der Waals surface area contributed by atoms with Crippen molar-refractivity contribution in [2.75, 3.05) is 12.4 Å². The summed E-state index contributed by atoms with van der Waals surface area (Å²) in [6.07, 6.45) is 2.64. The Morgan fingerprint density at radius 2 is 2.16 bits per heavy atom. The highest BCUT2D eigenvalue weighted by Gasteiger charge is 2.20. The first-order valence-electron chi connectivity index (χ1n) is 8.50. The van der Waals surface area contributed by atoms with Crippen LogP contribution in [0.3, 0.4) is 0 Å². The Kier molecular flexibility index (Phi) is 6.31. The van der Waals surface area contributed by atoms with Gasteiger partial charge < -0.3 is 5.32 Å². The van der Waals surface area contributed by atoms with Gasteiger partial charge in [-0.15, -0.1) is 0 Å². The van der Waals surface area contributed by atoms with Crippen LogP contribution in [0.4, 0.5) is 5.82 Å². The van der Waals surface area contributed by atoms with E-state index < -0.39 is 0 Å². The summed E-state index contributed by atoms with van der Waals surface area (Å²) in [5.41, 5.74) is 1.63. The summed E-state index contributed by atoms with van der Waals surface area (Å²) >= 11 is 0. The zero-order valence-corrected chi connectivity index (χ0v) is 15.2. The molecule has 0 saturated heterocycles. The Bertz CT molecular complexity index is 761. The van der Waals surface area contributed by atoms with Crippen LogP contribution < -0.4 is 5.32 Å². The van der Waals surface area contributed by atoms with Gasteiger partial charge in [0, 0.05) is 12.6 Å². The molecule has 0 unspecified atom stereocenters. The number of nitrogens with zero attached hydrogens (tertiary/aromatic N) is 4. The normalized spacial score (nSPS) is 13.3. The molecular weight excluding hydrogens is 314 g/mol. The first-order chi connectivity index (χ1) is 12.0. The van der Waals surface area contributed by atoms with E-state index in [0.717, 1.165) is 12.0 Å². The van der Waals surface area contributed by atoms with Crippen molar-refractivity contribution in [1.29, 1.82) is 5.26 Å². The molecule has 6 heteroatoms. The lowest BCUT2D eigenvalue weighted by molar-refractivity contribution is -0.120. The molecule has 0 aliphatic heterocycles. The molecule has 0 aliphatic carbocycles. The minimum absolute atomic E-state index is 0.0796. The van der Waals surface area contributed by atoms with E-state index >= 15 is 0 Å². The number of nitrogens with one attached hydrogen (secondary N) is 1. The van der Waals surface area contributed by atoms with Crippen LogP contribution >= 0.6 is 0 Å². The molecule has 0 fully saturated rings. The molecule has 1 N–H and O–H groups in total. The van der Waals surface area contributed by atoms with Crippen molar-refractivity contribution in [3.05, 3.63) is 47.7 Å². The van der Waals surface area contributed by atoms with Crippen molar-refractivity contribution in [2.24, 2.45) is 0 Å². The van der Waals surface area contributed by atoms with E-state index in [1.54, 1.807) is 12.3 Å². The van der Waals surface area contributed by atoms with Gasteiger partial charge >= 0.3 is 0 Å². The summed E-state index contributed by atoms with van der Waals surface area (Å²) in [4.78, 5) is 14.5. The Hall–Kier alpha value is -2.65. The lowest BCUT2D eigenvalue weighted by Gasteiger charge is -2.24. The van der Waals surface area contributed by atoms with E-state index in [2.05, 4.69) is 30.3 Å². The highest BCUT2D eigenvalue weighted by atomic mass is 16.2. The zero-order valence-electron chi connectivity index (χ0n) is 15.2. The van der Waals surface area contributed by atoms with Crippen molar-refractivity contribution in [2.45, 2.75) is 45.8 Å². The fourth-order valence-electron chi connectivity index (χ4n) is 2.53. The molecule has 0 aliphatic rings. The molecule has 1 heterocycles. The van der Waals surface area contributed by atoms with E-state index in [9.17, 15) is 4.79 Å². The number of aromatic nitrogens is 2. The Morgan fingerprint density at radius 1 is 1.40 bits per heavy atom. The molecule has 132 valence electrons. The van der Waals surface area contributed by atoms with Crippen LogP contribution in [0.25, 0.3) is 0 Å². The largest absolute Gasteiger partial charge is 0.310 e. The molecule has 0 saturated carbocycles. The molecule has 2 rings (SSSR count). The molecule has 25 heavy (non-hydrogen) atoms. The van der Waals surface area contributed by atoms with Crippen molar-refractivity contribution in [1.82, 2.24) is 14.7 Å². The molecule has 0 radical (unpaired) electrons. The molecule has 2 atom stereocenters. The van der Waals surface area contributed by atoms with Crippen LogP contribution in [0.2, 0.25) is 0 Å². The highest BCUT2D eigenvalue weighted by molar-refractivity contribution is 5.93. The molecule has 1 aromatic carbocycles. The highest BCUT2D eigenvalue weighted by Crippen LogP contribution is 2.17. The number of anilines is 1. The summed E-state index contributed by atoms with van der Waals surface area (Å²) in [6.45, 7) is 6.62. The fourth-order valence-corrected chi connectivity index (χ4v) is 2.53. The second kappa shape index (κ2) is 8.45. The zero-order chi connectivity index (χ0) is 18.4. The summed E-state index contributed by atoms with van der Waals surface area (Å²) in [5, 5.41) is 16.2. The molecule has 6 nitrogen and oxygen atoms in total. The monoisotopic (exact) mass is 339 g/mol. The third-order valence-electron chi connectivity index (χ3n) is 4.46. The van der Waals surface area contributed by atoms with Crippen LogP contribution in [0.5, 0.6) is 0 Å². The van der Waals surface area contributed by atoms with Gasteiger partial charge in [0.1, 0.15) is 5.82 Å². The van der Waals surface area contributed by atoms with Crippen molar-refractivity contribution in [3.63, 3.8) is 0 Å². The van der Waals surface area contributed by atoms with Gasteiger partial charge in [-0.3, -0.25) is 9.69 Å².